The molecule has 1 heterocycles. The molecule has 1 aromatic carbocycles. The van der Waals surface area contributed by atoms with Crippen molar-refractivity contribution in [3.8, 4) is 5.69 Å². The van der Waals surface area contributed by atoms with Crippen molar-refractivity contribution in [1.82, 2.24) is 9.78 Å². The number of carboxylic acids is 1. The van der Waals surface area contributed by atoms with Crippen molar-refractivity contribution in [1.29, 1.82) is 0 Å². The Balaban J connectivity index is 2.31. The van der Waals surface area contributed by atoms with Gasteiger partial charge in [-0.3, -0.25) is 0 Å². The van der Waals surface area contributed by atoms with Crippen LogP contribution in [0.2, 0.25) is 5.02 Å². The average molecular weight is 249 g/mol. The third-order valence-corrected chi connectivity index (χ3v) is 2.30. The molecule has 0 saturated heterocycles. The first-order valence-electron chi connectivity index (χ1n) is 4.87. The SMILES string of the molecule is O=C(O)C=Cc1cccc(-n2cc(Cl)cn2)c1. The quantitative estimate of drug-likeness (QED) is 0.850. The number of carboxylic acid groups (broad SMARTS) is 1. The van der Waals surface area contributed by atoms with Crippen molar-refractivity contribution in [3.05, 3.63) is 53.3 Å². The molecule has 1 N–H and O–H groups in total. The molecule has 0 atom stereocenters. The lowest BCUT2D eigenvalue weighted by molar-refractivity contribution is -0.131. The summed E-state index contributed by atoms with van der Waals surface area (Å²) in [5, 5.41) is 13.2. The summed E-state index contributed by atoms with van der Waals surface area (Å²) in [6, 6.07) is 7.32. The van der Waals surface area contributed by atoms with E-state index in [1.165, 1.54) is 6.08 Å². The molecule has 5 heteroatoms. The Labute approximate surface area is 103 Å². The number of benzene rings is 1. The molecule has 86 valence electrons. The summed E-state index contributed by atoms with van der Waals surface area (Å²) >= 11 is 5.78. The predicted molar refractivity (Wildman–Crippen MR) is 65.2 cm³/mol. The van der Waals surface area contributed by atoms with Gasteiger partial charge in [-0.2, -0.15) is 5.10 Å². The molecule has 0 saturated carbocycles. The molecule has 0 aliphatic heterocycles. The Kier molecular flexibility index (Phi) is 3.25. The lowest BCUT2D eigenvalue weighted by Crippen LogP contribution is -1.94. The Morgan fingerprint density at radius 3 is 2.94 bits per heavy atom. The average Bonchev–Trinajstić information content (AvgIpc) is 2.74. The minimum atomic E-state index is -0.975. The van der Waals surface area contributed by atoms with Crippen LogP contribution in [0.5, 0.6) is 0 Å². The Morgan fingerprint density at radius 1 is 1.47 bits per heavy atom. The van der Waals surface area contributed by atoms with Crippen LogP contribution in [-0.2, 0) is 4.79 Å². The van der Waals surface area contributed by atoms with E-state index in [0.717, 1.165) is 17.3 Å². The molecule has 0 fully saturated rings. The van der Waals surface area contributed by atoms with Gasteiger partial charge < -0.3 is 5.11 Å². The molecular weight excluding hydrogens is 240 g/mol. The molecule has 1 aromatic heterocycles. The van der Waals surface area contributed by atoms with E-state index >= 15 is 0 Å². The summed E-state index contributed by atoms with van der Waals surface area (Å²) in [6.45, 7) is 0. The van der Waals surface area contributed by atoms with E-state index in [1.807, 2.05) is 24.3 Å². The fourth-order valence-electron chi connectivity index (χ4n) is 1.38. The smallest absolute Gasteiger partial charge is 0.328 e. The lowest BCUT2D eigenvalue weighted by Gasteiger charge is -2.01. The van der Waals surface area contributed by atoms with Crippen molar-refractivity contribution in [2.24, 2.45) is 0 Å². The highest BCUT2D eigenvalue weighted by atomic mass is 35.5. The number of hydrogen-bond acceptors (Lipinski definition) is 2. The van der Waals surface area contributed by atoms with Gasteiger partial charge in [0.25, 0.3) is 0 Å². The maximum Gasteiger partial charge on any atom is 0.328 e. The van der Waals surface area contributed by atoms with Gasteiger partial charge in [0.2, 0.25) is 0 Å². The van der Waals surface area contributed by atoms with E-state index in [9.17, 15) is 4.79 Å². The van der Waals surface area contributed by atoms with Gasteiger partial charge >= 0.3 is 5.97 Å². The maximum atomic E-state index is 10.4. The number of carbonyl (C=O) groups is 1. The number of halogens is 1. The second kappa shape index (κ2) is 4.84. The number of rotatable bonds is 3. The van der Waals surface area contributed by atoms with Crippen LogP contribution in [-0.4, -0.2) is 20.9 Å². The predicted octanol–water partition coefficient (Wildman–Crippen LogP) is 2.62. The van der Waals surface area contributed by atoms with E-state index in [-0.39, 0.29) is 0 Å². The van der Waals surface area contributed by atoms with Crippen LogP contribution in [0.25, 0.3) is 11.8 Å². The van der Waals surface area contributed by atoms with E-state index in [4.69, 9.17) is 16.7 Å². The Bertz CT molecular complexity index is 575. The fourth-order valence-corrected chi connectivity index (χ4v) is 1.52. The van der Waals surface area contributed by atoms with Crippen LogP contribution in [0.15, 0.2) is 42.7 Å². The van der Waals surface area contributed by atoms with Crippen LogP contribution in [0.3, 0.4) is 0 Å². The van der Waals surface area contributed by atoms with Gasteiger partial charge in [-0.1, -0.05) is 23.7 Å². The molecule has 0 amide bonds. The zero-order valence-electron chi connectivity index (χ0n) is 8.75. The molecule has 17 heavy (non-hydrogen) atoms. The topological polar surface area (TPSA) is 55.1 Å². The summed E-state index contributed by atoms with van der Waals surface area (Å²) in [5.41, 5.74) is 1.61. The second-order valence-corrected chi connectivity index (χ2v) is 3.81. The first-order valence-corrected chi connectivity index (χ1v) is 5.24. The molecule has 0 aliphatic carbocycles. The number of hydrogen-bond donors (Lipinski definition) is 1. The van der Waals surface area contributed by atoms with Crippen molar-refractivity contribution in [2.45, 2.75) is 0 Å². The summed E-state index contributed by atoms with van der Waals surface area (Å²) in [6.07, 6.45) is 5.84. The summed E-state index contributed by atoms with van der Waals surface area (Å²) < 4.78 is 1.63. The molecule has 4 nitrogen and oxygen atoms in total. The molecule has 0 unspecified atom stereocenters. The van der Waals surface area contributed by atoms with E-state index < -0.39 is 5.97 Å². The van der Waals surface area contributed by atoms with Crippen LogP contribution in [0.1, 0.15) is 5.56 Å². The van der Waals surface area contributed by atoms with Crippen LogP contribution in [0.4, 0.5) is 0 Å². The summed E-state index contributed by atoms with van der Waals surface area (Å²) in [4.78, 5) is 10.4. The summed E-state index contributed by atoms with van der Waals surface area (Å²) in [7, 11) is 0. The molecule has 0 spiro atoms. The lowest BCUT2D eigenvalue weighted by atomic mass is 10.2. The van der Waals surface area contributed by atoms with Crippen molar-refractivity contribution in [2.75, 3.05) is 0 Å². The molecule has 2 rings (SSSR count). The van der Waals surface area contributed by atoms with E-state index in [2.05, 4.69) is 5.10 Å². The van der Waals surface area contributed by atoms with E-state index in [0.29, 0.717) is 5.02 Å². The molecular formula is C12H9ClN2O2. The first-order chi connectivity index (χ1) is 8.15. The van der Waals surface area contributed by atoms with Gasteiger partial charge in [-0.05, 0) is 23.8 Å². The van der Waals surface area contributed by atoms with Gasteiger partial charge in [0.15, 0.2) is 0 Å². The highest BCUT2D eigenvalue weighted by Gasteiger charge is 1.99. The minimum absolute atomic E-state index is 0.552. The van der Waals surface area contributed by atoms with E-state index in [1.54, 1.807) is 17.1 Å². The number of nitrogens with zero attached hydrogens (tertiary/aromatic N) is 2. The van der Waals surface area contributed by atoms with Crippen LogP contribution in [0, 0.1) is 0 Å². The largest absolute Gasteiger partial charge is 0.478 e. The molecule has 0 aliphatic rings. The Morgan fingerprint density at radius 2 is 2.29 bits per heavy atom. The normalized spacial score (nSPS) is 10.9. The fraction of sp³-hybridized carbons (Fsp3) is 0. The zero-order valence-corrected chi connectivity index (χ0v) is 9.50. The monoisotopic (exact) mass is 248 g/mol. The number of aromatic nitrogens is 2. The van der Waals surface area contributed by atoms with Crippen molar-refractivity contribution in [3.63, 3.8) is 0 Å². The van der Waals surface area contributed by atoms with Gasteiger partial charge in [0, 0.05) is 12.3 Å². The first kappa shape index (κ1) is 11.4. The van der Waals surface area contributed by atoms with Crippen LogP contribution < -0.4 is 0 Å². The second-order valence-electron chi connectivity index (χ2n) is 3.37. The third kappa shape index (κ3) is 2.95. The number of aliphatic carboxylic acids is 1. The Hall–Kier alpha value is -2.07. The molecule has 0 radical (unpaired) electrons. The zero-order chi connectivity index (χ0) is 12.3. The standard InChI is InChI=1S/C12H9ClN2O2/c13-10-7-14-15(8-10)11-3-1-2-9(6-11)4-5-12(16)17/h1-8H,(H,16,17). The highest BCUT2D eigenvalue weighted by molar-refractivity contribution is 6.30. The maximum absolute atomic E-state index is 10.4. The van der Waals surface area contributed by atoms with Crippen molar-refractivity contribution < 1.29 is 9.90 Å². The van der Waals surface area contributed by atoms with Gasteiger partial charge in [-0.25, -0.2) is 9.48 Å². The van der Waals surface area contributed by atoms with Crippen LogP contribution >= 0.6 is 11.6 Å². The van der Waals surface area contributed by atoms with Gasteiger partial charge in [0.05, 0.1) is 16.9 Å². The summed E-state index contributed by atoms with van der Waals surface area (Å²) in [5.74, 6) is -0.975. The molecule has 0 bridgehead atoms. The highest BCUT2D eigenvalue weighted by Crippen LogP contribution is 2.14. The van der Waals surface area contributed by atoms with Gasteiger partial charge in [0.1, 0.15) is 0 Å². The molecule has 2 aromatic rings. The minimum Gasteiger partial charge on any atom is -0.478 e. The third-order valence-electron chi connectivity index (χ3n) is 2.10. The van der Waals surface area contributed by atoms with Gasteiger partial charge in [-0.15, -0.1) is 0 Å². The van der Waals surface area contributed by atoms with Crippen molar-refractivity contribution >= 4 is 23.6 Å².